The Bertz CT molecular complexity index is 373. The van der Waals surface area contributed by atoms with Crippen LogP contribution in [0.5, 0.6) is 0 Å². The predicted molar refractivity (Wildman–Crippen MR) is 71.0 cm³/mol. The van der Waals surface area contributed by atoms with Crippen molar-refractivity contribution in [3.8, 4) is 0 Å². The molecule has 16 heavy (non-hydrogen) atoms. The summed E-state index contributed by atoms with van der Waals surface area (Å²) in [5.41, 5.74) is 1.21. The molecule has 0 spiro atoms. The van der Waals surface area contributed by atoms with Crippen molar-refractivity contribution in [2.45, 2.75) is 58.5 Å². The van der Waals surface area contributed by atoms with Crippen LogP contribution in [-0.4, -0.2) is 15.8 Å². The number of rotatable bonds is 3. The number of anilines is 1. The summed E-state index contributed by atoms with van der Waals surface area (Å²) in [6, 6.07) is 0.551. The first-order chi connectivity index (χ1) is 7.63. The Morgan fingerprint density at radius 1 is 1.62 bits per heavy atom. The number of aryl methyl sites for hydroxylation is 1. The van der Waals surface area contributed by atoms with Gasteiger partial charge in [-0.15, -0.1) is 0 Å². The minimum atomic E-state index is 0.537. The molecule has 1 aromatic rings. The van der Waals surface area contributed by atoms with Gasteiger partial charge in [0.25, 0.3) is 0 Å². The van der Waals surface area contributed by atoms with E-state index in [0.717, 1.165) is 18.8 Å². The van der Waals surface area contributed by atoms with E-state index >= 15 is 0 Å². The number of hydrogen-bond acceptors (Lipinski definition) is 2. The van der Waals surface area contributed by atoms with Crippen LogP contribution in [0.3, 0.4) is 0 Å². The van der Waals surface area contributed by atoms with Crippen molar-refractivity contribution in [1.29, 1.82) is 0 Å². The predicted octanol–water partition coefficient (Wildman–Crippen LogP) is 3.75. The molecular weight excluding hydrogens is 266 g/mol. The summed E-state index contributed by atoms with van der Waals surface area (Å²) >= 11 is 3.69. The number of halogens is 1. The van der Waals surface area contributed by atoms with Crippen molar-refractivity contribution in [2.75, 3.05) is 5.32 Å². The van der Waals surface area contributed by atoms with Crippen molar-refractivity contribution in [3.63, 3.8) is 0 Å². The second kappa shape index (κ2) is 4.78. The first-order valence-corrected chi connectivity index (χ1v) is 6.95. The van der Waals surface area contributed by atoms with Gasteiger partial charge in [0.2, 0.25) is 0 Å². The van der Waals surface area contributed by atoms with Crippen molar-refractivity contribution in [1.82, 2.24) is 9.78 Å². The summed E-state index contributed by atoms with van der Waals surface area (Å²) in [5, 5.41) is 8.21. The molecule has 0 saturated heterocycles. The molecule has 1 aliphatic heterocycles. The van der Waals surface area contributed by atoms with Gasteiger partial charge >= 0.3 is 0 Å². The second-order valence-corrected chi connectivity index (χ2v) is 5.59. The van der Waals surface area contributed by atoms with Gasteiger partial charge in [0.1, 0.15) is 5.82 Å². The molecule has 2 unspecified atom stereocenters. The molecule has 0 aliphatic carbocycles. The standard InChI is InChI=1S/C12H20BrN3/c1-4-5-8(2)11-10(13)12-14-9(3)6-7-16(12)15-11/h8-9,14H,4-7H2,1-3H3. The number of fused-ring (bicyclic) bond motifs is 1. The average molecular weight is 286 g/mol. The van der Waals surface area contributed by atoms with E-state index in [2.05, 4.69) is 46.7 Å². The van der Waals surface area contributed by atoms with Gasteiger partial charge in [-0.05, 0) is 35.7 Å². The molecule has 0 amide bonds. The molecule has 1 aliphatic rings. The molecule has 2 atom stereocenters. The van der Waals surface area contributed by atoms with Crippen molar-refractivity contribution >= 4 is 21.7 Å². The van der Waals surface area contributed by atoms with Crippen LogP contribution in [0.2, 0.25) is 0 Å². The van der Waals surface area contributed by atoms with Gasteiger partial charge < -0.3 is 5.32 Å². The van der Waals surface area contributed by atoms with Crippen LogP contribution in [0.25, 0.3) is 0 Å². The molecule has 90 valence electrons. The summed E-state index contributed by atoms with van der Waals surface area (Å²) in [6.07, 6.45) is 3.56. The first-order valence-electron chi connectivity index (χ1n) is 6.16. The molecule has 0 saturated carbocycles. The quantitative estimate of drug-likeness (QED) is 0.917. The Balaban J connectivity index is 2.28. The molecule has 1 N–H and O–H groups in total. The van der Waals surface area contributed by atoms with E-state index in [0.29, 0.717) is 12.0 Å². The first kappa shape index (κ1) is 12.0. The Morgan fingerprint density at radius 3 is 3.06 bits per heavy atom. The van der Waals surface area contributed by atoms with Gasteiger partial charge in [-0.1, -0.05) is 20.3 Å². The molecule has 0 bridgehead atoms. The largest absolute Gasteiger partial charge is 0.367 e. The van der Waals surface area contributed by atoms with Gasteiger partial charge in [0.05, 0.1) is 10.2 Å². The summed E-state index contributed by atoms with van der Waals surface area (Å²) in [5.74, 6) is 1.70. The van der Waals surface area contributed by atoms with Gasteiger partial charge in [-0.3, -0.25) is 0 Å². The van der Waals surface area contributed by atoms with E-state index in [1.165, 1.54) is 23.0 Å². The fraction of sp³-hybridized carbons (Fsp3) is 0.750. The number of hydrogen-bond donors (Lipinski definition) is 1. The fourth-order valence-electron chi connectivity index (χ4n) is 2.26. The van der Waals surface area contributed by atoms with Crippen LogP contribution in [-0.2, 0) is 6.54 Å². The van der Waals surface area contributed by atoms with E-state index in [1.54, 1.807) is 0 Å². The highest BCUT2D eigenvalue weighted by Gasteiger charge is 2.23. The number of nitrogens with one attached hydrogen (secondary N) is 1. The fourth-order valence-corrected chi connectivity index (χ4v) is 3.05. The number of aromatic nitrogens is 2. The molecular formula is C12H20BrN3. The summed E-state index contributed by atoms with van der Waals surface area (Å²) < 4.78 is 3.27. The van der Waals surface area contributed by atoms with E-state index in [4.69, 9.17) is 5.10 Å². The lowest BCUT2D eigenvalue weighted by Gasteiger charge is -2.22. The highest BCUT2D eigenvalue weighted by atomic mass is 79.9. The Morgan fingerprint density at radius 2 is 2.38 bits per heavy atom. The van der Waals surface area contributed by atoms with Crippen LogP contribution < -0.4 is 5.32 Å². The molecule has 1 aromatic heterocycles. The zero-order valence-electron chi connectivity index (χ0n) is 10.3. The topological polar surface area (TPSA) is 29.9 Å². The Kier molecular flexibility index (Phi) is 3.57. The van der Waals surface area contributed by atoms with Crippen LogP contribution in [0.15, 0.2) is 4.47 Å². The number of nitrogens with zero attached hydrogens (tertiary/aromatic N) is 2. The van der Waals surface area contributed by atoms with Crippen LogP contribution in [0.1, 0.15) is 51.6 Å². The SMILES string of the molecule is CCCC(C)c1nn2c(c1Br)NC(C)CC2. The highest BCUT2D eigenvalue weighted by Crippen LogP contribution is 2.35. The lowest BCUT2D eigenvalue weighted by atomic mass is 10.0. The van der Waals surface area contributed by atoms with Crippen molar-refractivity contribution < 1.29 is 0 Å². The van der Waals surface area contributed by atoms with Crippen LogP contribution in [0.4, 0.5) is 5.82 Å². The third-order valence-electron chi connectivity index (χ3n) is 3.26. The molecule has 0 aromatic carbocycles. The molecule has 0 radical (unpaired) electrons. The zero-order valence-corrected chi connectivity index (χ0v) is 11.8. The zero-order chi connectivity index (χ0) is 11.7. The average Bonchev–Trinajstić information content (AvgIpc) is 2.57. The lowest BCUT2D eigenvalue weighted by molar-refractivity contribution is 0.502. The maximum absolute atomic E-state index is 4.71. The minimum absolute atomic E-state index is 0.537. The van der Waals surface area contributed by atoms with Gasteiger partial charge in [0.15, 0.2) is 0 Å². The maximum Gasteiger partial charge on any atom is 0.139 e. The normalized spacial score (nSPS) is 21.4. The van der Waals surface area contributed by atoms with Crippen molar-refractivity contribution in [2.24, 2.45) is 0 Å². The minimum Gasteiger partial charge on any atom is -0.367 e. The van der Waals surface area contributed by atoms with Crippen LogP contribution >= 0.6 is 15.9 Å². The van der Waals surface area contributed by atoms with Crippen molar-refractivity contribution in [3.05, 3.63) is 10.2 Å². The maximum atomic E-state index is 4.71. The van der Waals surface area contributed by atoms with Gasteiger partial charge in [-0.2, -0.15) is 5.10 Å². The molecule has 3 nitrogen and oxygen atoms in total. The summed E-state index contributed by atoms with van der Waals surface area (Å²) in [4.78, 5) is 0. The Labute approximate surface area is 106 Å². The van der Waals surface area contributed by atoms with Crippen LogP contribution in [0, 0.1) is 0 Å². The molecule has 4 heteroatoms. The lowest BCUT2D eigenvalue weighted by Crippen LogP contribution is -2.26. The summed E-state index contributed by atoms with van der Waals surface area (Å²) in [7, 11) is 0. The van der Waals surface area contributed by atoms with E-state index in [9.17, 15) is 0 Å². The third kappa shape index (κ3) is 2.12. The monoisotopic (exact) mass is 285 g/mol. The van der Waals surface area contributed by atoms with E-state index in [1.807, 2.05) is 0 Å². The summed E-state index contributed by atoms with van der Waals surface area (Å²) in [6.45, 7) is 7.73. The van der Waals surface area contributed by atoms with Gasteiger partial charge in [-0.25, -0.2) is 4.68 Å². The van der Waals surface area contributed by atoms with Gasteiger partial charge in [0, 0.05) is 18.5 Å². The smallest absolute Gasteiger partial charge is 0.139 e. The third-order valence-corrected chi connectivity index (χ3v) is 4.05. The molecule has 2 heterocycles. The highest BCUT2D eigenvalue weighted by molar-refractivity contribution is 9.10. The molecule has 2 rings (SSSR count). The second-order valence-electron chi connectivity index (χ2n) is 4.79. The van der Waals surface area contributed by atoms with E-state index in [-0.39, 0.29) is 0 Å². The molecule has 0 fully saturated rings. The Hall–Kier alpha value is -0.510. The van der Waals surface area contributed by atoms with E-state index < -0.39 is 0 Å².